The number of aliphatic imine (C=N–C) groups is 1. The van der Waals surface area contributed by atoms with E-state index in [4.69, 9.17) is 0 Å². The smallest absolute Gasteiger partial charge is 0.351 e. The lowest BCUT2D eigenvalue weighted by molar-refractivity contribution is -0.137. The monoisotopic (exact) mass is 351 g/mol. The van der Waals surface area contributed by atoms with Crippen LogP contribution < -0.4 is 5.32 Å². The number of hydrogen-bond acceptors (Lipinski definition) is 3. The van der Waals surface area contributed by atoms with Crippen molar-refractivity contribution in [2.45, 2.75) is 6.18 Å². The zero-order chi connectivity index (χ0) is 17.3. The largest absolute Gasteiger partial charge is 0.418 e. The number of aromatic nitrogens is 1. The van der Waals surface area contributed by atoms with Crippen LogP contribution in [0.2, 0.25) is 0 Å². The molecule has 0 spiro atoms. The highest BCUT2D eigenvalue weighted by Crippen LogP contribution is 2.37. The van der Waals surface area contributed by atoms with E-state index in [0.717, 1.165) is 23.5 Å². The van der Waals surface area contributed by atoms with Gasteiger partial charge in [-0.3, -0.25) is 4.79 Å². The van der Waals surface area contributed by atoms with E-state index in [9.17, 15) is 18.0 Å². The Kier molecular flexibility index (Phi) is 4.23. The maximum Gasteiger partial charge on any atom is 0.418 e. The number of hydrogen-bond donors (Lipinski definition) is 1. The number of amides is 1. The minimum Gasteiger partial charge on any atom is -0.351 e. The molecule has 0 radical (unpaired) electrons. The van der Waals surface area contributed by atoms with Gasteiger partial charge in [0, 0.05) is 18.9 Å². The molecule has 8 heteroatoms. The summed E-state index contributed by atoms with van der Waals surface area (Å²) in [7, 11) is 1.83. The molecule has 2 heterocycles. The molecule has 1 saturated heterocycles. The van der Waals surface area contributed by atoms with E-state index in [1.165, 1.54) is 18.2 Å². The van der Waals surface area contributed by atoms with Gasteiger partial charge < -0.3 is 9.88 Å². The van der Waals surface area contributed by atoms with E-state index in [1.54, 1.807) is 6.08 Å². The molecule has 0 atom stereocenters. The first-order valence-corrected chi connectivity index (χ1v) is 7.73. The summed E-state index contributed by atoms with van der Waals surface area (Å²) >= 11 is 1.01. The van der Waals surface area contributed by atoms with Crippen molar-refractivity contribution in [2.75, 3.05) is 0 Å². The first-order chi connectivity index (χ1) is 11.3. The number of nitrogens with zero attached hydrogens (tertiary/aromatic N) is 2. The fourth-order valence-electron chi connectivity index (χ4n) is 2.16. The van der Waals surface area contributed by atoms with Gasteiger partial charge in [-0.05, 0) is 42.1 Å². The summed E-state index contributed by atoms with van der Waals surface area (Å²) in [5.41, 5.74) is -0.260. The molecular weight excluding hydrogens is 339 g/mol. The van der Waals surface area contributed by atoms with E-state index in [-0.39, 0.29) is 16.8 Å². The average Bonchev–Trinajstić information content (AvgIpc) is 3.06. The zero-order valence-corrected chi connectivity index (χ0v) is 13.3. The predicted octanol–water partition coefficient (Wildman–Crippen LogP) is 3.94. The van der Waals surface area contributed by atoms with Gasteiger partial charge in [0.25, 0.3) is 5.91 Å². The number of rotatable bonds is 2. The minimum absolute atomic E-state index is 0.122. The third-order valence-electron chi connectivity index (χ3n) is 3.35. The van der Waals surface area contributed by atoms with Gasteiger partial charge >= 0.3 is 6.18 Å². The highest BCUT2D eigenvalue weighted by atomic mass is 32.2. The molecule has 0 bridgehead atoms. The van der Waals surface area contributed by atoms with Crippen molar-refractivity contribution in [1.29, 1.82) is 0 Å². The molecule has 4 nitrogen and oxygen atoms in total. The fraction of sp³-hybridized carbons (Fsp3) is 0.125. The van der Waals surface area contributed by atoms with Crippen molar-refractivity contribution in [3.63, 3.8) is 0 Å². The van der Waals surface area contributed by atoms with Crippen LogP contribution in [0.1, 0.15) is 11.3 Å². The van der Waals surface area contributed by atoms with E-state index in [2.05, 4.69) is 10.3 Å². The van der Waals surface area contributed by atoms with E-state index in [0.29, 0.717) is 4.91 Å². The first kappa shape index (κ1) is 16.4. The number of para-hydroxylation sites is 1. The summed E-state index contributed by atoms with van der Waals surface area (Å²) in [4.78, 5) is 16.3. The number of thioether (sulfide) groups is 1. The molecular formula is C16H12F3N3OS. The number of benzene rings is 1. The number of carbonyl (C=O) groups is 1. The molecule has 1 aliphatic rings. The van der Waals surface area contributed by atoms with Crippen LogP contribution >= 0.6 is 11.8 Å². The highest BCUT2D eigenvalue weighted by Gasteiger charge is 2.34. The molecule has 1 amide bonds. The third kappa shape index (κ3) is 3.38. The van der Waals surface area contributed by atoms with Crippen molar-refractivity contribution in [3.8, 4) is 0 Å². The van der Waals surface area contributed by atoms with Gasteiger partial charge in [0.05, 0.1) is 16.2 Å². The van der Waals surface area contributed by atoms with Crippen LogP contribution in [0.4, 0.5) is 18.9 Å². The number of aryl methyl sites for hydroxylation is 1. The van der Waals surface area contributed by atoms with Crippen LogP contribution in [0.15, 0.2) is 52.5 Å². The molecule has 0 saturated carbocycles. The normalized spacial score (nSPS) is 18.4. The van der Waals surface area contributed by atoms with Crippen molar-refractivity contribution in [3.05, 3.63) is 58.8 Å². The lowest BCUT2D eigenvalue weighted by Crippen LogP contribution is -2.19. The van der Waals surface area contributed by atoms with Gasteiger partial charge in [-0.1, -0.05) is 12.1 Å². The molecule has 24 heavy (non-hydrogen) atoms. The molecule has 124 valence electrons. The number of halogens is 3. The Morgan fingerprint density at radius 3 is 2.62 bits per heavy atom. The number of alkyl halides is 3. The Balaban J connectivity index is 1.91. The van der Waals surface area contributed by atoms with Crippen molar-refractivity contribution in [1.82, 2.24) is 9.88 Å². The van der Waals surface area contributed by atoms with Gasteiger partial charge in [0.15, 0.2) is 5.17 Å². The minimum atomic E-state index is -4.50. The molecule has 1 aromatic heterocycles. The summed E-state index contributed by atoms with van der Waals surface area (Å²) in [6.07, 6.45) is -1.01. The first-order valence-electron chi connectivity index (χ1n) is 6.92. The maximum absolute atomic E-state index is 13.0. The molecule has 1 aliphatic heterocycles. The summed E-state index contributed by atoms with van der Waals surface area (Å²) in [6, 6.07) is 8.65. The molecule has 0 aliphatic carbocycles. The van der Waals surface area contributed by atoms with Crippen LogP contribution in [-0.2, 0) is 18.0 Å². The molecule has 2 aromatic rings. The Hall–Kier alpha value is -2.48. The number of amidine groups is 1. The fourth-order valence-corrected chi connectivity index (χ4v) is 2.98. The zero-order valence-electron chi connectivity index (χ0n) is 12.5. The summed E-state index contributed by atoms with van der Waals surface area (Å²) in [5.74, 6) is -0.385. The van der Waals surface area contributed by atoms with Crippen LogP contribution in [-0.4, -0.2) is 15.6 Å². The Bertz CT molecular complexity index is 852. The average molecular weight is 351 g/mol. The summed E-state index contributed by atoms with van der Waals surface area (Å²) in [6.45, 7) is 0. The Labute approximate surface area is 140 Å². The van der Waals surface area contributed by atoms with E-state index < -0.39 is 11.7 Å². The number of carbonyl (C=O) groups excluding carboxylic acids is 1. The third-order valence-corrected chi connectivity index (χ3v) is 4.26. The second kappa shape index (κ2) is 6.20. The van der Waals surface area contributed by atoms with Gasteiger partial charge in [0.2, 0.25) is 0 Å². The van der Waals surface area contributed by atoms with Crippen molar-refractivity contribution < 1.29 is 18.0 Å². The van der Waals surface area contributed by atoms with Crippen LogP contribution in [0.3, 0.4) is 0 Å². The standard InChI is InChI=1S/C16H12F3N3OS/c1-22-8-4-5-10(22)9-13-14(23)21-15(24-13)20-12-7-3-2-6-11(12)16(17,18)19/h2-9H,1H3,(H,20,21,23). The van der Waals surface area contributed by atoms with Crippen molar-refractivity contribution in [2.24, 2.45) is 12.0 Å². The van der Waals surface area contributed by atoms with Gasteiger partial charge in [-0.15, -0.1) is 0 Å². The summed E-state index contributed by atoms with van der Waals surface area (Å²) in [5, 5.41) is 2.61. The van der Waals surface area contributed by atoms with Crippen LogP contribution in [0.5, 0.6) is 0 Å². The molecule has 1 N–H and O–H groups in total. The van der Waals surface area contributed by atoms with Crippen molar-refractivity contribution >= 4 is 34.6 Å². The summed E-state index contributed by atoms with van der Waals surface area (Å²) < 4.78 is 40.8. The highest BCUT2D eigenvalue weighted by molar-refractivity contribution is 8.18. The maximum atomic E-state index is 13.0. The van der Waals surface area contributed by atoms with E-state index in [1.807, 2.05) is 29.9 Å². The van der Waals surface area contributed by atoms with Gasteiger partial charge in [-0.25, -0.2) is 4.99 Å². The second-order valence-electron chi connectivity index (χ2n) is 5.04. The lowest BCUT2D eigenvalue weighted by Gasteiger charge is -2.09. The van der Waals surface area contributed by atoms with E-state index >= 15 is 0 Å². The van der Waals surface area contributed by atoms with Crippen LogP contribution in [0, 0.1) is 0 Å². The second-order valence-corrected chi connectivity index (χ2v) is 6.07. The Morgan fingerprint density at radius 1 is 1.21 bits per heavy atom. The van der Waals surface area contributed by atoms with Gasteiger partial charge in [0.1, 0.15) is 0 Å². The predicted molar refractivity (Wildman–Crippen MR) is 87.7 cm³/mol. The Morgan fingerprint density at radius 2 is 1.96 bits per heavy atom. The molecule has 3 rings (SSSR count). The quantitative estimate of drug-likeness (QED) is 0.833. The topological polar surface area (TPSA) is 46.4 Å². The molecule has 1 fully saturated rings. The molecule has 0 unspecified atom stereocenters. The number of nitrogens with one attached hydrogen (secondary N) is 1. The molecule has 1 aromatic carbocycles. The van der Waals surface area contributed by atoms with Gasteiger partial charge in [-0.2, -0.15) is 13.2 Å². The van der Waals surface area contributed by atoms with Crippen LogP contribution in [0.25, 0.3) is 6.08 Å². The SMILES string of the molecule is Cn1cccc1C=C1SC(=Nc2ccccc2C(F)(F)F)NC1=O. The lowest BCUT2D eigenvalue weighted by atomic mass is 10.2.